The monoisotopic (exact) mass is 201 g/mol. The molecule has 3 nitrogen and oxygen atoms in total. The highest BCUT2D eigenvalue weighted by Gasteiger charge is 2.33. The first-order chi connectivity index (χ1) is 7.34. The molecule has 15 heavy (non-hydrogen) atoms. The molecule has 0 aromatic heterocycles. The third kappa shape index (κ3) is 1.58. The topological polar surface area (TPSA) is 41.6 Å². The Balaban J connectivity index is 1.90. The fourth-order valence-electron chi connectivity index (χ4n) is 2.11. The molecule has 1 aromatic rings. The normalized spacial score (nSPS) is 20.5. The van der Waals surface area contributed by atoms with E-state index in [1.807, 2.05) is 18.2 Å². The number of hydrogen-bond donors (Lipinski definition) is 1. The Hall–Kier alpha value is -1.51. The Morgan fingerprint density at radius 1 is 1.33 bits per heavy atom. The van der Waals surface area contributed by atoms with Gasteiger partial charge in [-0.15, -0.1) is 0 Å². The molecule has 3 rings (SSSR count). The number of nitrogens with two attached hydrogens (primary N) is 1. The average molecular weight is 201 g/mol. The van der Waals surface area contributed by atoms with Gasteiger partial charge >= 0.3 is 0 Å². The van der Waals surface area contributed by atoms with E-state index in [-0.39, 0.29) is 0 Å². The molecule has 0 amide bonds. The average Bonchev–Trinajstić information content (AvgIpc) is 2.96. The number of rotatable bonds is 2. The van der Waals surface area contributed by atoms with Crippen molar-refractivity contribution in [2.75, 3.05) is 23.7 Å². The lowest BCUT2D eigenvalue weighted by Crippen LogP contribution is -2.28. The first-order valence-electron chi connectivity index (χ1n) is 5.52. The molecule has 2 N–H and O–H groups in total. The zero-order valence-electron chi connectivity index (χ0n) is 8.69. The smallest absolute Gasteiger partial charge is 0.107 e. The van der Waals surface area contributed by atoms with Crippen molar-refractivity contribution < 1.29 is 0 Å². The highest BCUT2D eigenvalue weighted by molar-refractivity contribution is 6.02. The van der Waals surface area contributed by atoms with Gasteiger partial charge in [0.1, 0.15) is 5.84 Å². The Bertz CT molecular complexity index is 407. The number of hydrogen-bond acceptors (Lipinski definition) is 3. The molecule has 0 saturated heterocycles. The van der Waals surface area contributed by atoms with E-state index in [1.165, 1.54) is 24.4 Å². The fraction of sp³-hybridized carbons (Fsp3) is 0.417. The summed E-state index contributed by atoms with van der Waals surface area (Å²) in [5.41, 5.74) is 7.82. The molecule has 1 aromatic carbocycles. The largest absolute Gasteiger partial charge is 0.399 e. The third-order valence-corrected chi connectivity index (χ3v) is 3.00. The van der Waals surface area contributed by atoms with Gasteiger partial charge in [0.05, 0.1) is 6.54 Å². The van der Waals surface area contributed by atoms with E-state index >= 15 is 0 Å². The minimum atomic E-state index is 0.717. The van der Waals surface area contributed by atoms with Gasteiger partial charge in [0.25, 0.3) is 0 Å². The van der Waals surface area contributed by atoms with Crippen LogP contribution in [0.4, 0.5) is 11.4 Å². The molecular formula is C12H15N3. The molecule has 0 bridgehead atoms. The van der Waals surface area contributed by atoms with Gasteiger partial charge in [0.2, 0.25) is 0 Å². The number of amidine groups is 1. The van der Waals surface area contributed by atoms with Crippen molar-refractivity contribution >= 4 is 17.2 Å². The summed E-state index contributed by atoms with van der Waals surface area (Å²) >= 11 is 0. The molecule has 1 aliphatic heterocycles. The molecule has 1 heterocycles. The standard InChI is InChI=1S/C12H15N3/c13-10-2-1-3-11(8-10)15-7-6-14-12(15)9-4-5-9/h1-3,8-9H,4-7,13H2. The van der Waals surface area contributed by atoms with E-state index in [0.717, 1.165) is 18.8 Å². The molecule has 0 spiro atoms. The second-order valence-corrected chi connectivity index (χ2v) is 4.26. The molecule has 3 heteroatoms. The van der Waals surface area contributed by atoms with E-state index in [9.17, 15) is 0 Å². The van der Waals surface area contributed by atoms with Crippen LogP contribution in [0.1, 0.15) is 12.8 Å². The second-order valence-electron chi connectivity index (χ2n) is 4.26. The van der Waals surface area contributed by atoms with Crippen LogP contribution in [0.15, 0.2) is 29.3 Å². The first-order valence-corrected chi connectivity index (χ1v) is 5.52. The van der Waals surface area contributed by atoms with E-state index in [0.29, 0.717) is 5.92 Å². The van der Waals surface area contributed by atoms with E-state index in [1.54, 1.807) is 0 Å². The van der Waals surface area contributed by atoms with Gasteiger partial charge in [0, 0.05) is 23.8 Å². The van der Waals surface area contributed by atoms with Crippen LogP contribution in [0, 0.1) is 5.92 Å². The molecule has 2 aliphatic rings. The number of nitrogens with zero attached hydrogens (tertiary/aromatic N) is 2. The van der Waals surface area contributed by atoms with Crippen molar-refractivity contribution in [3.05, 3.63) is 24.3 Å². The zero-order chi connectivity index (χ0) is 10.3. The maximum absolute atomic E-state index is 5.80. The Morgan fingerprint density at radius 3 is 2.93 bits per heavy atom. The molecule has 1 aliphatic carbocycles. The number of benzene rings is 1. The number of anilines is 2. The van der Waals surface area contributed by atoms with Gasteiger partial charge in [-0.25, -0.2) is 0 Å². The van der Waals surface area contributed by atoms with E-state index in [4.69, 9.17) is 5.73 Å². The van der Waals surface area contributed by atoms with Crippen molar-refractivity contribution in [2.24, 2.45) is 10.9 Å². The van der Waals surface area contributed by atoms with Crippen LogP contribution in [0.5, 0.6) is 0 Å². The summed E-state index contributed by atoms with van der Waals surface area (Å²) in [7, 11) is 0. The second kappa shape index (κ2) is 3.26. The lowest BCUT2D eigenvalue weighted by atomic mass is 10.2. The summed E-state index contributed by atoms with van der Waals surface area (Å²) in [5.74, 6) is 1.99. The fourth-order valence-corrected chi connectivity index (χ4v) is 2.11. The molecule has 78 valence electrons. The van der Waals surface area contributed by atoms with E-state index < -0.39 is 0 Å². The zero-order valence-corrected chi connectivity index (χ0v) is 8.69. The summed E-state index contributed by atoms with van der Waals surface area (Å²) in [4.78, 5) is 6.90. The van der Waals surface area contributed by atoms with Crippen LogP contribution in [-0.4, -0.2) is 18.9 Å². The predicted molar refractivity (Wildman–Crippen MR) is 63.2 cm³/mol. The number of nitrogen functional groups attached to an aromatic ring is 1. The van der Waals surface area contributed by atoms with Crippen LogP contribution in [0.3, 0.4) is 0 Å². The summed E-state index contributed by atoms with van der Waals surface area (Å²) in [6.07, 6.45) is 2.61. The Kier molecular flexibility index (Phi) is 1.91. The molecule has 0 radical (unpaired) electrons. The van der Waals surface area contributed by atoms with Gasteiger partial charge in [-0.05, 0) is 31.0 Å². The molecule has 0 unspecified atom stereocenters. The van der Waals surface area contributed by atoms with Crippen molar-refractivity contribution in [2.45, 2.75) is 12.8 Å². The lowest BCUT2D eigenvalue weighted by Gasteiger charge is -2.20. The third-order valence-electron chi connectivity index (χ3n) is 3.00. The molecule has 1 saturated carbocycles. The number of aliphatic imine (C=N–C) groups is 1. The van der Waals surface area contributed by atoms with Gasteiger partial charge < -0.3 is 10.6 Å². The lowest BCUT2D eigenvalue weighted by molar-refractivity contribution is 1.01. The van der Waals surface area contributed by atoms with Crippen molar-refractivity contribution in [3.8, 4) is 0 Å². The molecule has 1 fully saturated rings. The molecular weight excluding hydrogens is 186 g/mol. The van der Waals surface area contributed by atoms with Gasteiger partial charge in [-0.2, -0.15) is 0 Å². The van der Waals surface area contributed by atoms with Gasteiger partial charge in [-0.3, -0.25) is 4.99 Å². The highest BCUT2D eigenvalue weighted by Crippen LogP contribution is 2.35. The van der Waals surface area contributed by atoms with Crippen LogP contribution in [0.2, 0.25) is 0 Å². The van der Waals surface area contributed by atoms with Gasteiger partial charge in [0.15, 0.2) is 0 Å². The van der Waals surface area contributed by atoms with Crippen molar-refractivity contribution in [1.29, 1.82) is 0 Å². The van der Waals surface area contributed by atoms with Crippen molar-refractivity contribution in [3.63, 3.8) is 0 Å². The first kappa shape index (κ1) is 8.77. The van der Waals surface area contributed by atoms with Crippen LogP contribution in [0.25, 0.3) is 0 Å². The summed E-state index contributed by atoms with van der Waals surface area (Å²) in [6, 6.07) is 8.07. The Labute approximate surface area is 89.6 Å². The summed E-state index contributed by atoms with van der Waals surface area (Å²) in [5, 5.41) is 0. The Morgan fingerprint density at radius 2 is 2.20 bits per heavy atom. The van der Waals surface area contributed by atoms with Crippen LogP contribution >= 0.6 is 0 Å². The van der Waals surface area contributed by atoms with Crippen molar-refractivity contribution in [1.82, 2.24) is 0 Å². The quantitative estimate of drug-likeness (QED) is 0.742. The summed E-state index contributed by atoms with van der Waals surface area (Å²) < 4.78 is 0. The minimum Gasteiger partial charge on any atom is -0.399 e. The maximum Gasteiger partial charge on any atom is 0.107 e. The minimum absolute atomic E-state index is 0.717. The van der Waals surface area contributed by atoms with Crippen LogP contribution < -0.4 is 10.6 Å². The van der Waals surface area contributed by atoms with Gasteiger partial charge in [-0.1, -0.05) is 6.07 Å². The predicted octanol–water partition coefficient (Wildman–Crippen LogP) is 1.90. The molecule has 0 atom stereocenters. The van der Waals surface area contributed by atoms with Crippen LogP contribution in [-0.2, 0) is 0 Å². The highest BCUT2D eigenvalue weighted by atomic mass is 15.2. The maximum atomic E-state index is 5.80. The SMILES string of the molecule is Nc1cccc(N2CCN=C2C2CC2)c1. The summed E-state index contributed by atoms with van der Waals surface area (Å²) in [6.45, 7) is 1.94. The van der Waals surface area contributed by atoms with E-state index in [2.05, 4.69) is 16.0 Å².